The van der Waals surface area contributed by atoms with E-state index in [1.54, 1.807) is 6.07 Å². The lowest BCUT2D eigenvalue weighted by Crippen LogP contribution is -2.02. The Morgan fingerprint density at radius 2 is 2.43 bits per heavy atom. The molecule has 2 rings (SSSR count). The van der Waals surface area contributed by atoms with E-state index in [0.717, 1.165) is 24.1 Å². The van der Waals surface area contributed by atoms with Gasteiger partial charge in [0.05, 0.1) is 5.56 Å². The van der Waals surface area contributed by atoms with E-state index in [1.807, 2.05) is 0 Å². The molecule has 1 heterocycles. The normalized spacial score (nSPS) is 19.4. The van der Waals surface area contributed by atoms with Crippen LogP contribution in [-0.4, -0.2) is 16.1 Å². The quantitative estimate of drug-likeness (QED) is 0.726. The number of halogens is 1. The monoisotopic (exact) mass is 211 g/mol. The third-order valence-corrected chi connectivity index (χ3v) is 2.95. The number of fused-ring (bicyclic) bond motifs is 1. The molecule has 1 aromatic rings. The highest BCUT2D eigenvalue weighted by Gasteiger charge is 2.23. The second-order valence-electron chi connectivity index (χ2n) is 3.61. The third kappa shape index (κ3) is 1.38. The fraction of sp³-hybridized carbons (Fsp3) is 0.400. The molecular formula is C10H10ClNO2. The molecule has 4 heteroatoms. The van der Waals surface area contributed by atoms with Gasteiger partial charge in [0.2, 0.25) is 0 Å². The summed E-state index contributed by atoms with van der Waals surface area (Å²) in [7, 11) is 0. The van der Waals surface area contributed by atoms with Gasteiger partial charge >= 0.3 is 5.97 Å². The van der Waals surface area contributed by atoms with E-state index in [1.165, 1.54) is 0 Å². The van der Waals surface area contributed by atoms with Crippen LogP contribution in [0.2, 0.25) is 5.15 Å². The van der Waals surface area contributed by atoms with Crippen molar-refractivity contribution in [3.05, 3.63) is 28.0 Å². The molecular weight excluding hydrogens is 202 g/mol. The van der Waals surface area contributed by atoms with Gasteiger partial charge in [0.1, 0.15) is 5.15 Å². The van der Waals surface area contributed by atoms with Gasteiger partial charge in [0.25, 0.3) is 0 Å². The molecule has 0 aliphatic heterocycles. The lowest BCUT2D eigenvalue weighted by molar-refractivity contribution is 0.0696. The van der Waals surface area contributed by atoms with Crippen LogP contribution in [0.4, 0.5) is 0 Å². The Kier molecular flexibility index (Phi) is 2.19. The molecule has 0 spiro atoms. The second-order valence-corrected chi connectivity index (χ2v) is 3.97. The van der Waals surface area contributed by atoms with Gasteiger partial charge in [-0.2, -0.15) is 0 Å². The predicted molar refractivity (Wildman–Crippen MR) is 52.9 cm³/mol. The van der Waals surface area contributed by atoms with Crippen LogP contribution in [0.1, 0.15) is 40.9 Å². The number of hydrogen-bond donors (Lipinski definition) is 1. The van der Waals surface area contributed by atoms with Crippen molar-refractivity contribution in [1.82, 2.24) is 4.98 Å². The van der Waals surface area contributed by atoms with Gasteiger partial charge in [-0.1, -0.05) is 18.5 Å². The summed E-state index contributed by atoms with van der Waals surface area (Å²) in [5, 5.41) is 8.96. The van der Waals surface area contributed by atoms with Crippen LogP contribution in [0.25, 0.3) is 0 Å². The number of rotatable bonds is 1. The Morgan fingerprint density at radius 1 is 1.71 bits per heavy atom. The first-order chi connectivity index (χ1) is 6.59. The van der Waals surface area contributed by atoms with Gasteiger partial charge in [0.15, 0.2) is 0 Å². The molecule has 14 heavy (non-hydrogen) atoms. The maximum atomic E-state index is 10.8. The van der Waals surface area contributed by atoms with E-state index in [4.69, 9.17) is 16.7 Å². The molecule has 0 saturated carbocycles. The third-order valence-electron chi connectivity index (χ3n) is 2.66. The van der Waals surface area contributed by atoms with E-state index in [0.29, 0.717) is 5.92 Å². The largest absolute Gasteiger partial charge is 0.478 e. The molecule has 0 saturated heterocycles. The maximum Gasteiger partial charge on any atom is 0.338 e. The molecule has 1 atom stereocenters. The van der Waals surface area contributed by atoms with Crippen LogP contribution in [-0.2, 0) is 6.42 Å². The van der Waals surface area contributed by atoms with Crippen molar-refractivity contribution >= 4 is 17.6 Å². The van der Waals surface area contributed by atoms with Gasteiger partial charge < -0.3 is 5.11 Å². The minimum Gasteiger partial charge on any atom is -0.478 e. The number of aromatic nitrogens is 1. The number of carboxylic acids is 1. The molecule has 1 aliphatic carbocycles. The number of carboxylic acid groups (broad SMARTS) is 1. The van der Waals surface area contributed by atoms with E-state index >= 15 is 0 Å². The minimum atomic E-state index is -1.01. The molecule has 1 aliphatic rings. The van der Waals surface area contributed by atoms with Crippen LogP contribution in [0.3, 0.4) is 0 Å². The van der Waals surface area contributed by atoms with Crippen LogP contribution in [0.15, 0.2) is 6.07 Å². The van der Waals surface area contributed by atoms with Crippen molar-refractivity contribution in [3.63, 3.8) is 0 Å². The Balaban J connectivity index is 2.57. The summed E-state index contributed by atoms with van der Waals surface area (Å²) in [4.78, 5) is 14.9. The van der Waals surface area contributed by atoms with Crippen molar-refractivity contribution in [3.8, 4) is 0 Å². The van der Waals surface area contributed by atoms with Crippen molar-refractivity contribution < 1.29 is 9.90 Å². The van der Waals surface area contributed by atoms with Gasteiger partial charge in [0, 0.05) is 5.69 Å². The second kappa shape index (κ2) is 3.24. The first kappa shape index (κ1) is 9.46. The number of aryl methyl sites for hydroxylation is 1. The lowest BCUT2D eigenvalue weighted by atomic mass is 10.0. The fourth-order valence-corrected chi connectivity index (χ4v) is 2.06. The average molecular weight is 212 g/mol. The summed E-state index contributed by atoms with van der Waals surface area (Å²) >= 11 is 5.76. The molecule has 0 amide bonds. The predicted octanol–water partition coefficient (Wildman–Crippen LogP) is 2.48. The SMILES string of the molecule is CC1CCc2nc(Cl)c(C(=O)O)cc21. The summed E-state index contributed by atoms with van der Waals surface area (Å²) in [5.74, 6) is -0.614. The van der Waals surface area contributed by atoms with Crippen LogP contribution >= 0.6 is 11.6 Å². The number of aromatic carboxylic acids is 1. The van der Waals surface area contributed by atoms with Crippen LogP contribution in [0.5, 0.6) is 0 Å². The zero-order valence-electron chi connectivity index (χ0n) is 7.75. The van der Waals surface area contributed by atoms with E-state index < -0.39 is 5.97 Å². The summed E-state index contributed by atoms with van der Waals surface area (Å²) in [6.45, 7) is 2.08. The molecule has 74 valence electrons. The molecule has 0 fully saturated rings. The molecule has 1 aromatic heterocycles. The zero-order chi connectivity index (χ0) is 10.3. The number of pyridine rings is 1. The van der Waals surface area contributed by atoms with Gasteiger partial charge in [-0.25, -0.2) is 9.78 Å². The van der Waals surface area contributed by atoms with Gasteiger partial charge in [-0.05, 0) is 30.4 Å². The summed E-state index contributed by atoms with van der Waals surface area (Å²) < 4.78 is 0. The Morgan fingerprint density at radius 3 is 3.07 bits per heavy atom. The maximum absolute atomic E-state index is 10.8. The fourth-order valence-electron chi connectivity index (χ4n) is 1.83. The van der Waals surface area contributed by atoms with Gasteiger partial charge in [-0.3, -0.25) is 0 Å². The molecule has 0 radical (unpaired) electrons. The lowest BCUT2D eigenvalue weighted by Gasteiger charge is -2.06. The highest BCUT2D eigenvalue weighted by atomic mass is 35.5. The first-order valence-corrected chi connectivity index (χ1v) is 4.90. The van der Waals surface area contributed by atoms with Gasteiger partial charge in [-0.15, -0.1) is 0 Å². The Labute approximate surface area is 86.7 Å². The average Bonchev–Trinajstić information content (AvgIpc) is 2.46. The number of nitrogens with zero attached hydrogens (tertiary/aromatic N) is 1. The number of carbonyl (C=O) groups is 1. The van der Waals surface area contributed by atoms with E-state index in [9.17, 15) is 4.79 Å². The van der Waals surface area contributed by atoms with Crippen molar-refractivity contribution in [2.75, 3.05) is 0 Å². The number of hydrogen-bond acceptors (Lipinski definition) is 2. The van der Waals surface area contributed by atoms with Crippen LogP contribution < -0.4 is 0 Å². The summed E-state index contributed by atoms with van der Waals surface area (Å²) in [6.07, 6.45) is 1.93. The molecule has 3 nitrogen and oxygen atoms in total. The molecule has 0 bridgehead atoms. The molecule has 0 aromatic carbocycles. The van der Waals surface area contributed by atoms with E-state index in [-0.39, 0.29) is 10.7 Å². The highest BCUT2D eigenvalue weighted by molar-refractivity contribution is 6.32. The highest BCUT2D eigenvalue weighted by Crippen LogP contribution is 2.33. The van der Waals surface area contributed by atoms with Crippen molar-refractivity contribution in [2.24, 2.45) is 0 Å². The summed E-state index contributed by atoms with van der Waals surface area (Å²) in [6, 6.07) is 1.66. The standard InChI is InChI=1S/C10H10ClNO2/c1-5-2-3-8-6(5)4-7(10(13)14)9(11)12-8/h4-5H,2-3H2,1H3,(H,13,14). The minimum absolute atomic E-state index is 0.102. The zero-order valence-corrected chi connectivity index (χ0v) is 8.51. The Bertz CT molecular complexity index is 403. The molecule has 1 unspecified atom stereocenters. The van der Waals surface area contributed by atoms with Crippen molar-refractivity contribution in [2.45, 2.75) is 25.7 Å². The molecule has 1 N–H and O–H groups in total. The van der Waals surface area contributed by atoms with Crippen LogP contribution in [0, 0.1) is 0 Å². The smallest absolute Gasteiger partial charge is 0.338 e. The van der Waals surface area contributed by atoms with E-state index in [2.05, 4.69) is 11.9 Å². The first-order valence-electron chi connectivity index (χ1n) is 4.52. The topological polar surface area (TPSA) is 50.2 Å². The summed E-state index contributed by atoms with van der Waals surface area (Å²) in [5.41, 5.74) is 2.10. The Hall–Kier alpha value is -1.09. The van der Waals surface area contributed by atoms with Crippen molar-refractivity contribution in [1.29, 1.82) is 0 Å².